The molecule has 0 aliphatic rings. The van der Waals surface area contributed by atoms with Crippen molar-refractivity contribution >= 4 is 27.8 Å². The second-order valence-corrected chi connectivity index (χ2v) is 5.37. The van der Waals surface area contributed by atoms with Crippen LogP contribution < -0.4 is 5.32 Å². The Morgan fingerprint density at radius 1 is 1.47 bits per heavy atom. The highest BCUT2D eigenvalue weighted by atomic mass is 79.9. The van der Waals surface area contributed by atoms with Gasteiger partial charge in [-0.05, 0) is 54.4 Å². The summed E-state index contributed by atoms with van der Waals surface area (Å²) in [7, 11) is 0. The number of pyridine rings is 1. The van der Waals surface area contributed by atoms with Crippen LogP contribution in [0.15, 0.2) is 22.9 Å². The second kappa shape index (κ2) is 6.65. The van der Waals surface area contributed by atoms with E-state index in [0.717, 1.165) is 5.56 Å². The van der Waals surface area contributed by atoms with E-state index in [1.165, 1.54) is 0 Å². The van der Waals surface area contributed by atoms with Gasteiger partial charge in [0.15, 0.2) is 0 Å². The topological polar surface area (TPSA) is 68.3 Å². The minimum atomic E-state index is -1.03. The van der Waals surface area contributed by atoms with Crippen LogP contribution in [0.4, 0.5) is 0 Å². The number of hydrogen-bond acceptors (Lipinski definition) is 4. The lowest BCUT2D eigenvalue weighted by molar-refractivity contribution is -0.151. The first kappa shape index (κ1) is 15.6. The average molecular weight is 329 g/mol. The number of carbonyl (C=O) groups excluding carboxylic acids is 2. The number of nitrogens with zero attached hydrogens (tertiary/aromatic N) is 1. The molecule has 0 atom stereocenters. The molecular formula is C13H17BrN2O3. The zero-order valence-electron chi connectivity index (χ0n) is 11.2. The molecule has 0 saturated carbocycles. The van der Waals surface area contributed by atoms with Crippen molar-refractivity contribution in [1.29, 1.82) is 0 Å². The zero-order valence-corrected chi connectivity index (χ0v) is 12.8. The molecule has 1 N–H and O–H groups in total. The zero-order chi connectivity index (χ0) is 14.5. The number of aromatic nitrogens is 1. The molecule has 1 amide bonds. The van der Waals surface area contributed by atoms with Crippen LogP contribution in [0.3, 0.4) is 0 Å². The van der Waals surface area contributed by atoms with E-state index in [1.807, 2.05) is 0 Å². The van der Waals surface area contributed by atoms with Gasteiger partial charge in [-0.2, -0.15) is 0 Å². The van der Waals surface area contributed by atoms with Crippen molar-refractivity contribution in [2.24, 2.45) is 0 Å². The van der Waals surface area contributed by atoms with Gasteiger partial charge in [-0.25, -0.2) is 9.78 Å². The molecule has 0 spiro atoms. The Balaban J connectivity index is 2.62. The van der Waals surface area contributed by atoms with E-state index in [0.29, 0.717) is 4.60 Å². The predicted molar refractivity (Wildman–Crippen MR) is 74.5 cm³/mol. The molecule has 0 aromatic carbocycles. The van der Waals surface area contributed by atoms with Gasteiger partial charge in [-0.1, -0.05) is 0 Å². The normalized spacial score (nSPS) is 10.9. The fraction of sp³-hybridized carbons (Fsp3) is 0.462. The molecule has 104 valence electrons. The average Bonchev–Trinajstić information content (AvgIpc) is 2.28. The highest BCUT2D eigenvalue weighted by molar-refractivity contribution is 9.10. The van der Waals surface area contributed by atoms with Crippen LogP contribution in [-0.4, -0.2) is 29.0 Å². The fourth-order valence-electron chi connectivity index (χ4n) is 1.49. The molecule has 5 nitrogen and oxygen atoms in total. The Kier molecular flexibility index (Phi) is 5.47. The largest absolute Gasteiger partial charge is 0.464 e. The number of carbonyl (C=O) groups is 2. The van der Waals surface area contributed by atoms with E-state index in [9.17, 15) is 9.59 Å². The van der Waals surface area contributed by atoms with Gasteiger partial charge < -0.3 is 10.1 Å². The first-order valence-corrected chi connectivity index (χ1v) is 6.73. The van der Waals surface area contributed by atoms with Crippen LogP contribution >= 0.6 is 15.9 Å². The molecule has 0 saturated heterocycles. The number of nitrogens with one attached hydrogen (secondary N) is 1. The summed E-state index contributed by atoms with van der Waals surface area (Å²) in [6, 6.07) is 3.51. The summed E-state index contributed by atoms with van der Waals surface area (Å²) in [5, 5.41) is 2.66. The molecule has 6 heteroatoms. The number of amides is 1. The van der Waals surface area contributed by atoms with Gasteiger partial charge in [0.1, 0.15) is 10.1 Å². The van der Waals surface area contributed by atoms with Crippen LogP contribution in [0.1, 0.15) is 26.3 Å². The minimum Gasteiger partial charge on any atom is -0.464 e. The smallest absolute Gasteiger partial charge is 0.331 e. The Morgan fingerprint density at radius 2 is 2.16 bits per heavy atom. The van der Waals surface area contributed by atoms with Crippen LogP contribution in [0.25, 0.3) is 0 Å². The lowest BCUT2D eigenvalue weighted by Gasteiger charge is -2.23. The van der Waals surface area contributed by atoms with Crippen molar-refractivity contribution < 1.29 is 14.3 Å². The molecule has 1 aromatic rings. The predicted octanol–water partition coefficient (Wildman–Crippen LogP) is 1.84. The van der Waals surface area contributed by atoms with Crippen molar-refractivity contribution in [2.75, 3.05) is 6.61 Å². The first-order chi connectivity index (χ1) is 8.85. The number of esters is 1. The molecule has 0 bridgehead atoms. The molecule has 0 radical (unpaired) electrons. The maximum Gasteiger partial charge on any atom is 0.331 e. The van der Waals surface area contributed by atoms with E-state index in [-0.39, 0.29) is 18.9 Å². The maximum atomic E-state index is 11.9. The fourth-order valence-corrected chi connectivity index (χ4v) is 1.91. The molecule has 19 heavy (non-hydrogen) atoms. The van der Waals surface area contributed by atoms with Gasteiger partial charge in [0.05, 0.1) is 13.0 Å². The third kappa shape index (κ3) is 4.98. The Hall–Kier alpha value is -1.43. The molecule has 1 heterocycles. The lowest BCUT2D eigenvalue weighted by atomic mass is 10.1. The van der Waals surface area contributed by atoms with Gasteiger partial charge in [0.25, 0.3) is 0 Å². The van der Waals surface area contributed by atoms with E-state index < -0.39 is 11.5 Å². The van der Waals surface area contributed by atoms with Gasteiger partial charge in [0, 0.05) is 6.20 Å². The second-order valence-electron chi connectivity index (χ2n) is 4.56. The van der Waals surface area contributed by atoms with Crippen molar-refractivity contribution in [3.63, 3.8) is 0 Å². The van der Waals surface area contributed by atoms with Crippen molar-refractivity contribution in [3.8, 4) is 0 Å². The Bertz CT molecular complexity index is 475. The van der Waals surface area contributed by atoms with E-state index >= 15 is 0 Å². The summed E-state index contributed by atoms with van der Waals surface area (Å²) in [5.74, 6) is -0.685. The van der Waals surface area contributed by atoms with Gasteiger partial charge in [-0.3, -0.25) is 4.79 Å². The van der Waals surface area contributed by atoms with E-state index in [4.69, 9.17) is 4.74 Å². The van der Waals surface area contributed by atoms with Crippen molar-refractivity contribution in [2.45, 2.75) is 32.7 Å². The maximum absolute atomic E-state index is 11.9. The third-order valence-corrected chi connectivity index (χ3v) is 2.83. The Morgan fingerprint density at radius 3 is 2.74 bits per heavy atom. The van der Waals surface area contributed by atoms with Crippen molar-refractivity contribution in [1.82, 2.24) is 10.3 Å². The van der Waals surface area contributed by atoms with Crippen LogP contribution in [0, 0.1) is 0 Å². The summed E-state index contributed by atoms with van der Waals surface area (Å²) in [5.41, 5.74) is -0.212. The summed E-state index contributed by atoms with van der Waals surface area (Å²) in [6.07, 6.45) is 1.80. The summed E-state index contributed by atoms with van der Waals surface area (Å²) in [4.78, 5) is 27.5. The molecular weight excluding hydrogens is 312 g/mol. The van der Waals surface area contributed by atoms with Gasteiger partial charge >= 0.3 is 5.97 Å². The highest BCUT2D eigenvalue weighted by Gasteiger charge is 2.30. The lowest BCUT2D eigenvalue weighted by Crippen LogP contribution is -2.51. The first-order valence-electron chi connectivity index (χ1n) is 5.94. The van der Waals surface area contributed by atoms with Crippen LogP contribution in [0.2, 0.25) is 0 Å². The minimum absolute atomic E-state index is 0.184. The van der Waals surface area contributed by atoms with Crippen molar-refractivity contribution in [3.05, 3.63) is 28.5 Å². The van der Waals surface area contributed by atoms with Crippen LogP contribution in [-0.2, 0) is 20.7 Å². The SMILES string of the molecule is CCOC(=O)C(C)(C)NC(=O)Cc1ccnc(Br)c1. The molecule has 0 unspecified atom stereocenters. The molecule has 0 fully saturated rings. The van der Waals surface area contributed by atoms with Gasteiger partial charge in [0.2, 0.25) is 5.91 Å². The van der Waals surface area contributed by atoms with E-state index in [1.54, 1.807) is 39.1 Å². The quantitative estimate of drug-likeness (QED) is 0.661. The molecule has 1 aromatic heterocycles. The van der Waals surface area contributed by atoms with E-state index in [2.05, 4.69) is 26.2 Å². The summed E-state index contributed by atoms with van der Waals surface area (Å²) >= 11 is 3.24. The molecule has 0 aliphatic heterocycles. The summed E-state index contributed by atoms with van der Waals surface area (Å²) < 4.78 is 5.57. The molecule has 0 aliphatic carbocycles. The Labute approximate surface area is 120 Å². The number of rotatable bonds is 5. The standard InChI is InChI=1S/C13H17BrN2O3/c1-4-19-12(18)13(2,3)16-11(17)8-9-5-6-15-10(14)7-9/h5-7H,4,8H2,1-3H3,(H,16,17). The van der Waals surface area contributed by atoms with Gasteiger partial charge in [-0.15, -0.1) is 0 Å². The third-order valence-electron chi connectivity index (χ3n) is 2.39. The number of hydrogen-bond donors (Lipinski definition) is 1. The number of ether oxygens (including phenoxy) is 1. The summed E-state index contributed by atoms with van der Waals surface area (Å²) in [6.45, 7) is 5.25. The van der Waals surface area contributed by atoms with Crippen LogP contribution in [0.5, 0.6) is 0 Å². The molecule has 1 rings (SSSR count). The number of halogens is 1. The highest BCUT2D eigenvalue weighted by Crippen LogP contribution is 2.10. The monoisotopic (exact) mass is 328 g/mol.